The molecule has 0 saturated carbocycles. The molecular formula is C17H11N3O2S. The fraction of sp³-hybridized carbons (Fsp3) is 0. The van der Waals surface area contributed by atoms with Crippen LogP contribution < -0.4 is 5.43 Å². The lowest BCUT2D eigenvalue weighted by Crippen LogP contribution is -2.15. The van der Waals surface area contributed by atoms with Gasteiger partial charge in [0.05, 0.1) is 22.7 Å². The average molecular weight is 321 g/mol. The van der Waals surface area contributed by atoms with Crippen molar-refractivity contribution in [2.45, 2.75) is 0 Å². The van der Waals surface area contributed by atoms with Crippen molar-refractivity contribution in [1.82, 2.24) is 5.43 Å². The summed E-state index contributed by atoms with van der Waals surface area (Å²) in [5.41, 5.74) is 3.69. The predicted octanol–water partition coefficient (Wildman–Crippen LogP) is 3.64. The van der Waals surface area contributed by atoms with Gasteiger partial charge in [0.15, 0.2) is 0 Å². The van der Waals surface area contributed by atoms with Crippen molar-refractivity contribution in [3.8, 4) is 17.4 Å². The number of nitrogens with one attached hydrogen (secondary N) is 1. The second-order valence-corrected chi connectivity index (χ2v) is 5.48. The first-order chi connectivity index (χ1) is 11.3. The number of nitriles is 1. The van der Waals surface area contributed by atoms with Crippen molar-refractivity contribution in [1.29, 1.82) is 5.26 Å². The molecule has 2 heterocycles. The molecule has 1 N–H and O–H groups in total. The average Bonchev–Trinajstić information content (AvgIpc) is 3.26. The van der Waals surface area contributed by atoms with Gasteiger partial charge >= 0.3 is 0 Å². The Kier molecular flexibility index (Phi) is 4.32. The number of amides is 1. The van der Waals surface area contributed by atoms with Gasteiger partial charge in [-0.05, 0) is 35.7 Å². The Bertz CT molecular complexity index is 889. The third kappa shape index (κ3) is 3.36. The first-order valence-electron chi connectivity index (χ1n) is 6.74. The van der Waals surface area contributed by atoms with E-state index in [1.807, 2.05) is 17.5 Å². The number of carbonyl (C=O) groups is 1. The Hall–Kier alpha value is -3.17. The number of hydrazone groups is 1. The molecule has 0 bridgehead atoms. The molecule has 1 aromatic carbocycles. The minimum atomic E-state index is -0.266. The summed E-state index contributed by atoms with van der Waals surface area (Å²) in [6, 6.07) is 16.3. The molecule has 0 aliphatic rings. The number of rotatable bonds is 4. The largest absolute Gasteiger partial charge is 0.455 e. The van der Waals surface area contributed by atoms with Crippen LogP contribution in [0.15, 0.2) is 63.4 Å². The zero-order valence-corrected chi connectivity index (χ0v) is 12.7. The van der Waals surface area contributed by atoms with E-state index in [-0.39, 0.29) is 5.91 Å². The lowest BCUT2D eigenvalue weighted by Gasteiger charge is -1.98. The van der Waals surface area contributed by atoms with Crippen molar-refractivity contribution in [3.05, 3.63) is 70.1 Å². The first kappa shape index (κ1) is 14.8. The maximum absolute atomic E-state index is 11.7. The van der Waals surface area contributed by atoms with Gasteiger partial charge in [0.1, 0.15) is 11.5 Å². The number of nitrogens with zero attached hydrogens (tertiary/aromatic N) is 2. The number of carbonyl (C=O) groups excluding carboxylic acids is 1. The van der Waals surface area contributed by atoms with Crippen molar-refractivity contribution in [3.63, 3.8) is 0 Å². The monoisotopic (exact) mass is 321 g/mol. The second-order valence-electron chi connectivity index (χ2n) is 4.54. The fourth-order valence-electron chi connectivity index (χ4n) is 1.98. The first-order valence-corrected chi connectivity index (χ1v) is 7.62. The van der Waals surface area contributed by atoms with Crippen molar-refractivity contribution < 1.29 is 9.21 Å². The van der Waals surface area contributed by atoms with Gasteiger partial charge in [-0.3, -0.25) is 4.79 Å². The molecule has 0 aliphatic heterocycles. The van der Waals surface area contributed by atoms with Crippen LogP contribution >= 0.6 is 11.3 Å². The molecule has 0 saturated heterocycles. The van der Waals surface area contributed by atoms with Crippen LogP contribution in [0.1, 0.15) is 21.0 Å². The zero-order chi connectivity index (χ0) is 16.1. The molecule has 0 spiro atoms. The Balaban J connectivity index is 1.71. The van der Waals surface area contributed by atoms with Gasteiger partial charge in [0, 0.05) is 5.56 Å². The van der Waals surface area contributed by atoms with Crippen LogP contribution in [0.25, 0.3) is 11.3 Å². The van der Waals surface area contributed by atoms with Gasteiger partial charge in [-0.25, -0.2) is 5.43 Å². The van der Waals surface area contributed by atoms with E-state index in [4.69, 9.17) is 9.68 Å². The van der Waals surface area contributed by atoms with E-state index >= 15 is 0 Å². The van der Waals surface area contributed by atoms with Gasteiger partial charge in [0.2, 0.25) is 0 Å². The minimum Gasteiger partial charge on any atom is -0.455 e. The van der Waals surface area contributed by atoms with Gasteiger partial charge < -0.3 is 4.42 Å². The highest BCUT2D eigenvalue weighted by Gasteiger charge is 2.08. The third-order valence-electron chi connectivity index (χ3n) is 3.04. The van der Waals surface area contributed by atoms with Crippen molar-refractivity contribution in [2.75, 3.05) is 0 Å². The highest BCUT2D eigenvalue weighted by molar-refractivity contribution is 7.12. The molecule has 3 rings (SSSR count). The standard InChI is InChI=1S/C17H11N3O2S/c18-10-12-4-1-2-5-14(12)15-8-7-13(22-15)11-19-20-17(21)16-6-3-9-23-16/h1-9,11H,(H,20,21)/b19-11-. The molecule has 6 heteroatoms. The highest BCUT2D eigenvalue weighted by atomic mass is 32.1. The van der Waals surface area contributed by atoms with Crippen LogP contribution in [0, 0.1) is 11.3 Å². The molecule has 0 unspecified atom stereocenters. The van der Waals surface area contributed by atoms with Crippen LogP contribution in [0.5, 0.6) is 0 Å². The number of hydrogen-bond donors (Lipinski definition) is 1. The summed E-state index contributed by atoms with van der Waals surface area (Å²) in [7, 11) is 0. The van der Waals surface area contributed by atoms with Gasteiger partial charge in [-0.1, -0.05) is 18.2 Å². The fourth-order valence-corrected chi connectivity index (χ4v) is 2.59. The molecule has 1 amide bonds. The van der Waals surface area contributed by atoms with Crippen LogP contribution in [0.2, 0.25) is 0 Å². The van der Waals surface area contributed by atoms with E-state index in [0.29, 0.717) is 22.0 Å². The molecule has 5 nitrogen and oxygen atoms in total. The number of hydrogen-bond acceptors (Lipinski definition) is 5. The molecule has 0 atom stereocenters. The van der Waals surface area contributed by atoms with E-state index in [9.17, 15) is 4.79 Å². The predicted molar refractivity (Wildman–Crippen MR) is 88.2 cm³/mol. The summed E-state index contributed by atoms with van der Waals surface area (Å²) in [4.78, 5) is 12.3. The molecule has 3 aromatic rings. The maximum Gasteiger partial charge on any atom is 0.281 e. The van der Waals surface area contributed by atoms with Gasteiger partial charge in [-0.15, -0.1) is 11.3 Å². The Morgan fingerprint density at radius 3 is 2.87 bits per heavy atom. The van der Waals surface area contributed by atoms with E-state index in [1.54, 1.807) is 36.4 Å². The molecule has 2 aromatic heterocycles. The Labute approximate surface area is 136 Å². The van der Waals surface area contributed by atoms with Crippen LogP contribution in [-0.2, 0) is 0 Å². The van der Waals surface area contributed by atoms with Crippen molar-refractivity contribution >= 4 is 23.5 Å². The summed E-state index contributed by atoms with van der Waals surface area (Å²) >= 11 is 1.34. The quantitative estimate of drug-likeness (QED) is 0.588. The van der Waals surface area contributed by atoms with E-state index in [2.05, 4.69) is 16.6 Å². The summed E-state index contributed by atoms with van der Waals surface area (Å²) in [6.45, 7) is 0. The number of furan rings is 1. The van der Waals surface area contributed by atoms with E-state index in [0.717, 1.165) is 5.56 Å². The minimum absolute atomic E-state index is 0.266. The van der Waals surface area contributed by atoms with Gasteiger partial charge in [-0.2, -0.15) is 10.4 Å². The summed E-state index contributed by atoms with van der Waals surface area (Å²) < 4.78 is 5.64. The normalized spacial score (nSPS) is 10.6. The third-order valence-corrected chi connectivity index (χ3v) is 3.91. The number of benzene rings is 1. The van der Waals surface area contributed by atoms with Gasteiger partial charge in [0.25, 0.3) is 5.91 Å². The SMILES string of the molecule is N#Cc1ccccc1-c1ccc(/C=N\NC(=O)c2cccs2)o1. The topological polar surface area (TPSA) is 78.4 Å². The molecule has 23 heavy (non-hydrogen) atoms. The smallest absolute Gasteiger partial charge is 0.281 e. The molecule has 0 fully saturated rings. The maximum atomic E-state index is 11.7. The lowest BCUT2D eigenvalue weighted by atomic mass is 10.1. The van der Waals surface area contributed by atoms with Crippen LogP contribution in [-0.4, -0.2) is 12.1 Å². The lowest BCUT2D eigenvalue weighted by molar-refractivity contribution is 0.0959. The Morgan fingerprint density at radius 1 is 1.22 bits per heavy atom. The molecule has 0 radical (unpaired) electrons. The zero-order valence-electron chi connectivity index (χ0n) is 11.9. The summed E-state index contributed by atoms with van der Waals surface area (Å²) in [5, 5.41) is 14.8. The molecule has 0 aliphatic carbocycles. The van der Waals surface area contributed by atoms with Crippen molar-refractivity contribution in [2.24, 2.45) is 5.10 Å². The summed E-state index contributed by atoms with van der Waals surface area (Å²) in [5.74, 6) is 0.797. The number of thiophene rings is 1. The Morgan fingerprint density at radius 2 is 2.09 bits per heavy atom. The second kappa shape index (κ2) is 6.73. The van der Waals surface area contributed by atoms with Crippen LogP contribution in [0.4, 0.5) is 0 Å². The molecule has 112 valence electrons. The van der Waals surface area contributed by atoms with E-state index in [1.165, 1.54) is 17.6 Å². The summed E-state index contributed by atoms with van der Waals surface area (Å²) in [6.07, 6.45) is 1.42. The van der Waals surface area contributed by atoms with E-state index < -0.39 is 0 Å². The highest BCUT2D eigenvalue weighted by Crippen LogP contribution is 2.24. The van der Waals surface area contributed by atoms with Crippen LogP contribution in [0.3, 0.4) is 0 Å². The molecular weight excluding hydrogens is 310 g/mol.